The number of halogens is 2. The van der Waals surface area contributed by atoms with Gasteiger partial charge < -0.3 is 10.1 Å². The summed E-state index contributed by atoms with van der Waals surface area (Å²) in [6.07, 6.45) is 2.97. The predicted molar refractivity (Wildman–Crippen MR) is 115 cm³/mol. The minimum absolute atomic E-state index is 0.118. The normalized spacial score (nSPS) is 15.6. The van der Waals surface area contributed by atoms with Gasteiger partial charge in [-0.1, -0.05) is 23.2 Å². The van der Waals surface area contributed by atoms with Crippen molar-refractivity contribution >= 4 is 56.6 Å². The van der Waals surface area contributed by atoms with Gasteiger partial charge in [0.1, 0.15) is 0 Å². The fourth-order valence-electron chi connectivity index (χ4n) is 3.26. The van der Waals surface area contributed by atoms with E-state index in [2.05, 4.69) is 10.3 Å². The SMILES string of the molecule is Cc1c(Cl)cnc(NC(=O)COC(=O)c2ccc3c(c2)CC(C)N3S(C)(=O)=O)c1Cl. The topological polar surface area (TPSA) is 106 Å². The van der Waals surface area contributed by atoms with E-state index in [-0.39, 0.29) is 22.4 Å². The van der Waals surface area contributed by atoms with E-state index in [1.165, 1.54) is 16.6 Å². The molecule has 1 amide bonds. The van der Waals surface area contributed by atoms with E-state index < -0.39 is 28.5 Å². The lowest BCUT2D eigenvalue weighted by Gasteiger charge is -2.21. The quantitative estimate of drug-likeness (QED) is 0.671. The molecule has 1 aliphatic rings. The lowest BCUT2D eigenvalue weighted by atomic mass is 10.1. The molecule has 0 saturated carbocycles. The lowest BCUT2D eigenvalue weighted by Crippen LogP contribution is -2.34. The Balaban J connectivity index is 1.66. The molecular formula is C19H19Cl2N3O5S. The second-order valence-electron chi connectivity index (χ2n) is 6.97. The first-order valence-corrected chi connectivity index (χ1v) is 11.5. The first-order valence-electron chi connectivity index (χ1n) is 8.89. The molecule has 0 fully saturated rings. The van der Waals surface area contributed by atoms with Crippen LogP contribution in [-0.2, 0) is 26.0 Å². The van der Waals surface area contributed by atoms with Gasteiger partial charge >= 0.3 is 5.97 Å². The van der Waals surface area contributed by atoms with Crippen LogP contribution >= 0.6 is 23.2 Å². The van der Waals surface area contributed by atoms with Gasteiger partial charge in [0, 0.05) is 12.2 Å². The largest absolute Gasteiger partial charge is 0.452 e. The maximum absolute atomic E-state index is 12.3. The van der Waals surface area contributed by atoms with Crippen LogP contribution < -0.4 is 9.62 Å². The zero-order chi connectivity index (χ0) is 22.2. The van der Waals surface area contributed by atoms with Crippen LogP contribution in [0.4, 0.5) is 11.5 Å². The third-order valence-electron chi connectivity index (χ3n) is 4.62. The highest BCUT2D eigenvalue weighted by molar-refractivity contribution is 7.92. The molecule has 1 unspecified atom stereocenters. The van der Waals surface area contributed by atoms with Gasteiger partial charge in [-0.2, -0.15) is 0 Å². The van der Waals surface area contributed by atoms with Crippen LogP contribution in [0.2, 0.25) is 10.0 Å². The minimum atomic E-state index is -3.42. The number of ether oxygens (including phenoxy) is 1. The number of anilines is 2. The number of carbonyl (C=O) groups is 2. The van der Waals surface area contributed by atoms with Crippen molar-refractivity contribution in [2.75, 3.05) is 22.5 Å². The fourth-order valence-corrected chi connectivity index (χ4v) is 4.92. The van der Waals surface area contributed by atoms with Gasteiger partial charge in [-0.05, 0) is 49.6 Å². The van der Waals surface area contributed by atoms with Crippen molar-refractivity contribution in [2.24, 2.45) is 0 Å². The highest BCUT2D eigenvalue weighted by atomic mass is 35.5. The van der Waals surface area contributed by atoms with Gasteiger partial charge in [-0.25, -0.2) is 18.2 Å². The number of pyridine rings is 1. The molecule has 1 atom stereocenters. The van der Waals surface area contributed by atoms with Crippen LogP contribution in [0.1, 0.15) is 28.4 Å². The zero-order valence-corrected chi connectivity index (χ0v) is 18.7. The summed E-state index contributed by atoms with van der Waals surface area (Å²) in [5.41, 5.74) is 2.05. The summed E-state index contributed by atoms with van der Waals surface area (Å²) in [4.78, 5) is 28.4. The van der Waals surface area contributed by atoms with Crippen molar-refractivity contribution in [2.45, 2.75) is 26.3 Å². The summed E-state index contributed by atoms with van der Waals surface area (Å²) in [5.74, 6) is -1.20. The number of nitrogens with one attached hydrogen (secondary N) is 1. The van der Waals surface area contributed by atoms with E-state index in [4.69, 9.17) is 27.9 Å². The number of carbonyl (C=O) groups excluding carboxylic acids is 2. The Morgan fingerprint density at radius 3 is 2.70 bits per heavy atom. The highest BCUT2D eigenvalue weighted by Crippen LogP contribution is 2.35. The molecule has 0 saturated heterocycles. The average Bonchev–Trinajstić information content (AvgIpc) is 3.01. The molecular weight excluding hydrogens is 453 g/mol. The number of rotatable bonds is 5. The fraction of sp³-hybridized carbons (Fsp3) is 0.316. The average molecular weight is 472 g/mol. The Morgan fingerprint density at radius 1 is 1.33 bits per heavy atom. The van der Waals surface area contributed by atoms with E-state index >= 15 is 0 Å². The molecule has 2 aromatic rings. The van der Waals surface area contributed by atoms with Crippen molar-refractivity contribution in [3.05, 3.63) is 51.1 Å². The standard InChI is InChI=1S/C19H19Cl2N3O5S/c1-10-6-13-7-12(4-5-15(13)24(10)30(3,27)28)19(26)29-9-16(25)23-18-17(21)11(2)14(20)8-22-18/h4-5,7-8,10H,6,9H2,1-3H3,(H,22,23,25). The smallest absolute Gasteiger partial charge is 0.338 e. The van der Waals surface area contributed by atoms with Gasteiger partial charge in [0.25, 0.3) is 5.91 Å². The molecule has 0 bridgehead atoms. The number of hydrogen-bond acceptors (Lipinski definition) is 6. The minimum Gasteiger partial charge on any atom is -0.452 e. The number of aromatic nitrogens is 1. The maximum Gasteiger partial charge on any atom is 0.338 e. The van der Waals surface area contributed by atoms with Crippen LogP contribution in [0.5, 0.6) is 0 Å². The summed E-state index contributed by atoms with van der Waals surface area (Å²) < 4.78 is 30.4. The lowest BCUT2D eigenvalue weighted by molar-refractivity contribution is -0.119. The van der Waals surface area contributed by atoms with Crippen molar-refractivity contribution in [1.29, 1.82) is 0 Å². The van der Waals surface area contributed by atoms with E-state index in [1.54, 1.807) is 26.0 Å². The van der Waals surface area contributed by atoms with Crippen LogP contribution in [0.15, 0.2) is 24.4 Å². The first kappa shape index (κ1) is 22.3. The number of hydrogen-bond donors (Lipinski definition) is 1. The summed E-state index contributed by atoms with van der Waals surface area (Å²) in [6, 6.07) is 4.37. The van der Waals surface area contributed by atoms with Gasteiger partial charge in [-0.15, -0.1) is 0 Å². The van der Waals surface area contributed by atoms with E-state index in [0.29, 0.717) is 22.7 Å². The number of esters is 1. The molecule has 1 aromatic carbocycles. The van der Waals surface area contributed by atoms with Crippen LogP contribution in [-0.4, -0.2) is 44.2 Å². The summed E-state index contributed by atoms with van der Waals surface area (Å²) in [6.45, 7) is 2.93. The molecule has 0 aliphatic carbocycles. The summed E-state index contributed by atoms with van der Waals surface area (Å²) in [5, 5.41) is 3.03. The van der Waals surface area contributed by atoms with Gasteiger partial charge in [0.05, 0.1) is 27.6 Å². The molecule has 0 radical (unpaired) electrons. The zero-order valence-electron chi connectivity index (χ0n) is 16.4. The number of benzene rings is 1. The summed E-state index contributed by atoms with van der Waals surface area (Å²) in [7, 11) is -3.42. The molecule has 0 spiro atoms. The van der Waals surface area contributed by atoms with Crippen LogP contribution in [0.3, 0.4) is 0 Å². The highest BCUT2D eigenvalue weighted by Gasteiger charge is 2.33. The Labute approximate surface area is 184 Å². The van der Waals surface area contributed by atoms with Gasteiger partial charge in [0.2, 0.25) is 10.0 Å². The predicted octanol–water partition coefficient (Wildman–Crippen LogP) is 3.20. The maximum atomic E-state index is 12.3. The number of amides is 1. The Hall–Kier alpha value is -2.36. The molecule has 1 aliphatic heterocycles. The van der Waals surface area contributed by atoms with Crippen molar-refractivity contribution in [1.82, 2.24) is 4.98 Å². The molecule has 2 heterocycles. The number of fused-ring (bicyclic) bond motifs is 1. The van der Waals surface area contributed by atoms with Crippen LogP contribution in [0.25, 0.3) is 0 Å². The second-order valence-corrected chi connectivity index (χ2v) is 9.62. The second kappa shape index (κ2) is 8.41. The molecule has 3 rings (SSSR count). The van der Waals surface area contributed by atoms with Crippen molar-refractivity contribution in [3.8, 4) is 0 Å². The third kappa shape index (κ3) is 4.53. The Bertz CT molecular complexity index is 1140. The van der Waals surface area contributed by atoms with Gasteiger partial charge in [0.15, 0.2) is 12.4 Å². The third-order valence-corrected chi connectivity index (χ3v) is 6.73. The molecule has 1 N–H and O–H groups in total. The van der Waals surface area contributed by atoms with E-state index in [9.17, 15) is 18.0 Å². The molecule has 30 heavy (non-hydrogen) atoms. The van der Waals surface area contributed by atoms with Crippen molar-refractivity contribution in [3.63, 3.8) is 0 Å². The molecule has 160 valence electrons. The number of sulfonamides is 1. The molecule has 11 heteroatoms. The Morgan fingerprint density at radius 2 is 2.03 bits per heavy atom. The monoisotopic (exact) mass is 471 g/mol. The Kier molecular flexibility index (Phi) is 6.26. The van der Waals surface area contributed by atoms with E-state index in [1.807, 2.05) is 0 Å². The van der Waals surface area contributed by atoms with Crippen molar-refractivity contribution < 1.29 is 22.7 Å². The van der Waals surface area contributed by atoms with E-state index in [0.717, 1.165) is 11.8 Å². The number of nitrogens with zero attached hydrogens (tertiary/aromatic N) is 2. The summed E-state index contributed by atoms with van der Waals surface area (Å²) >= 11 is 12.0. The van der Waals surface area contributed by atoms with Crippen LogP contribution in [0, 0.1) is 6.92 Å². The van der Waals surface area contributed by atoms with Gasteiger partial charge in [-0.3, -0.25) is 9.10 Å². The molecule has 1 aromatic heterocycles. The first-order chi connectivity index (χ1) is 14.0. The molecule has 8 nitrogen and oxygen atoms in total.